The smallest absolute Gasteiger partial charge is 0.133 e. The van der Waals surface area contributed by atoms with Crippen molar-refractivity contribution in [2.75, 3.05) is 32.8 Å². The number of ether oxygens (including phenoxy) is 1. The number of carbonyl (C=O) groups excluding carboxylic acids is 2. The topological polar surface area (TPSA) is 46.6 Å². The number of Topliss-reactive ketones (excluding diaryl/α,β-unsaturated/α-hetero) is 2. The molecule has 0 aromatic heterocycles. The van der Waals surface area contributed by atoms with Crippen molar-refractivity contribution in [2.45, 2.75) is 104 Å². The molecule has 1 aliphatic rings. The summed E-state index contributed by atoms with van der Waals surface area (Å²) in [6.07, 6.45) is 14.4. The Morgan fingerprint density at radius 3 is 2.00 bits per heavy atom. The van der Waals surface area contributed by atoms with Gasteiger partial charge in [-0.3, -0.25) is 14.5 Å². The van der Waals surface area contributed by atoms with Crippen LogP contribution in [0.15, 0.2) is 0 Å². The van der Waals surface area contributed by atoms with E-state index in [1.165, 1.54) is 45.1 Å². The Hall–Kier alpha value is -0.650. The molecule has 1 rings (SSSR count). The van der Waals surface area contributed by atoms with Crippen molar-refractivity contribution in [3.05, 3.63) is 0 Å². The number of unbranched alkanes of at least 4 members (excludes halogenated alkanes) is 8. The third-order valence-corrected chi connectivity index (χ3v) is 7.00. The average Bonchev–Trinajstić information content (AvgIpc) is 2.74. The SMILES string of the molecule is CCCCCC(C(C)=O)C(CC(=S)CCCCCCCCCN1CCOCC1)C(C)=O. The van der Waals surface area contributed by atoms with Crippen molar-refractivity contribution >= 4 is 28.6 Å². The lowest BCUT2D eigenvalue weighted by molar-refractivity contribution is -0.130. The molecule has 0 aromatic carbocycles. The second kappa shape index (κ2) is 17.9. The monoisotopic (exact) mass is 453 g/mol. The fourth-order valence-corrected chi connectivity index (χ4v) is 4.91. The quantitative estimate of drug-likeness (QED) is 0.172. The molecule has 0 bridgehead atoms. The van der Waals surface area contributed by atoms with Gasteiger partial charge < -0.3 is 4.74 Å². The van der Waals surface area contributed by atoms with Crippen molar-refractivity contribution in [1.29, 1.82) is 0 Å². The molecule has 0 spiro atoms. The summed E-state index contributed by atoms with van der Waals surface area (Å²) >= 11 is 5.61. The molecule has 0 radical (unpaired) electrons. The normalized spacial score (nSPS) is 16.7. The molecule has 31 heavy (non-hydrogen) atoms. The maximum atomic E-state index is 12.2. The maximum Gasteiger partial charge on any atom is 0.133 e. The summed E-state index contributed by atoms with van der Waals surface area (Å²) in [7, 11) is 0. The van der Waals surface area contributed by atoms with Crippen LogP contribution in [-0.4, -0.2) is 54.2 Å². The second-order valence-corrected chi connectivity index (χ2v) is 9.93. The van der Waals surface area contributed by atoms with Crippen molar-refractivity contribution in [1.82, 2.24) is 4.90 Å². The van der Waals surface area contributed by atoms with Crippen molar-refractivity contribution in [3.8, 4) is 0 Å². The van der Waals surface area contributed by atoms with Gasteiger partial charge in [-0.25, -0.2) is 0 Å². The maximum absolute atomic E-state index is 12.2. The van der Waals surface area contributed by atoms with Crippen LogP contribution < -0.4 is 0 Å². The first kappa shape index (κ1) is 28.4. The van der Waals surface area contributed by atoms with E-state index in [0.29, 0.717) is 6.42 Å². The van der Waals surface area contributed by atoms with Crippen LogP contribution in [0.4, 0.5) is 0 Å². The molecule has 2 atom stereocenters. The Morgan fingerprint density at radius 2 is 1.42 bits per heavy atom. The minimum absolute atomic E-state index is 0.121. The summed E-state index contributed by atoms with van der Waals surface area (Å²) < 4.78 is 5.39. The Balaban J connectivity index is 2.14. The molecule has 2 unspecified atom stereocenters. The summed E-state index contributed by atoms with van der Waals surface area (Å²) in [4.78, 5) is 27.9. The molecule has 1 fully saturated rings. The molecule has 1 aliphatic heterocycles. The Morgan fingerprint density at radius 1 is 0.839 bits per heavy atom. The van der Waals surface area contributed by atoms with Crippen LogP contribution in [0.1, 0.15) is 104 Å². The number of hydrogen-bond donors (Lipinski definition) is 0. The average molecular weight is 454 g/mol. The van der Waals surface area contributed by atoms with Crippen LogP contribution in [0, 0.1) is 11.8 Å². The first-order valence-electron chi connectivity index (χ1n) is 12.8. The molecule has 4 nitrogen and oxygen atoms in total. The van der Waals surface area contributed by atoms with E-state index in [4.69, 9.17) is 17.0 Å². The third-order valence-electron chi connectivity index (χ3n) is 6.63. The van der Waals surface area contributed by atoms with Crippen LogP contribution in [0.5, 0.6) is 0 Å². The molecule has 0 aromatic rings. The zero-order chi connectivity index (χ0) is 22.9. The fraction of sp³-hybridized carbons (Fsp3) is 0.885. The highest BCUT2D eigenvalue weighted by Gasteiger charge is 2.29. The molecule has 180 valence electrons. The third kappa shape index (κ3) is 13.5. The van der Waals surface area contributed by atoms with Crippen molar-refractivity contribution in [2.24, 2.45) is 11.8 Å². The highest BCUT2D eigenvalue weighted by Crippen LogP contribution is 2.26. The Kier molecular flexibility index (Phi) is 16.3. The predicted molar refractivity (Wildman–Crippen MR) is 134 cm³/mol. The van der Waals surface area contributed by atoms with Gasteiger partial charge in [0.05, 0.1) is 13.2 Å². The Labute approximate surface area is 196 Å². The van der Waals surface area contributed by atoms with Gasteiger partial charge in [-0.1, -0.05) is 70.5 Å². The fourth-order valence-electron chi connectivity index (χ4n) is 4.58. The van der Waals surface area contributed by atoms with E-state index in [0.717, 1.165) is 69.7 Å². The first-order chi connectivity index (χ1) is 15.0. The van der Waals surface area contributed by atoms with Gasteiger partial charge >= 0.3 is 0 Å². The molecule has 0 aliphatic carbocycles. The molecule has 0 amide bonds. The molecule has 1 heterocycles. The number of ketones is 2. The van der Waals surface area contributed by atoms with Gasteiger partial charge in [0.25, 0.3) is 0 Å². The summed E-state index contributed by atoms with van der Waals surface area (Å²) in [6, 6.07) is 0. The van der Waals surface area contributed by atoms with Gasteiger partial charge in [-0.15, -0.1) is 0 Å². The van der Waals surface area contributed by atoms with Gasteiger partial charge in [0.1, 0.15) is 11.6 Å². The largest absolute Gasteiger partial charge is 0.379 e. The molecule has 5 heteroatoms. The van der Waals surface area contributed by atoms with E-state index < -0.39 is 0 Å². The summed E-state index contributed by atoms with van der Waals surface area (Å²) in [5, 5.41) is 0. The van der Waals surface area contributed by atoms with E-state index in [1.54, 1.807) is 13.8 Å². The van der Waals surface area contributed by atoms with E-state index in [1.807, 2.05) is 0 Å². The predicted octanol–water partition coefficient (Wildman–Crippen LogP) is 6.19. The number of hydrogen-bond acceptors (Lipinski definition) is 5. The van der Waals surface area contributed by atoms with E-state index in [9.17, 15) is 9.59 Å². The highest BCUT2D eigenvalue weighted by atomic mass is 32.1. The molecular formula is C26H47NO3S. The number of thiocarbonyl (C=S) groups is 1. The number of rotatable bonds is 19. The van der Waals surface area contributed by atoms with Crippen LogP contribution >= 0.6 is 12.2 Å². The second-order valence-electron chi connectivity index (χ2n) is 9.35. The minimum Gasteiger partial charge on any atom is -0.379 e. The lowest BCUT2D eigenvalue weighted by Crippen LogP contribution is -2.36. The van der Waals surface area contributed by atoms with Crippen LogP contribution in [0.2, 0.25) is 0 Å². The standard InChI is InChI=1S/C26H47NO3S/c1-4-5-11-15-25(22(2)28)26(23(3)29)21-24(31)14-12-9-7-6-8-10-13-16-27-17-19-30-20-18-27/h25-26H,4-21H2,1-3H3. The van der Waals surface area contributed by atoms with Gasteiger partial charge in [0.2, 0.25) is 0 Å². The number of morpholine rings is 1. The zero-order valence-corrected chi connectivity index (χ0v) is 21.3. The van der Waals surface area contributed by atoms with Crippen molar-refractivity contribution in [3.63, 3.8) is 0 Å². The highest BCUT2D eigenvalue weighted by molar-refractivity contribution is 7.80. The van der Waals surface area contributed by atoms with E-state index >= 15 is 0 Å². The summed E-state index contributed by atoms with van der Waals surface area (Å²) in [6.45, 7) is 10.6. The Bertz CT molecular complexity index is 517. The van der Waals surface area contributed by atoms with Crippen LogP contribution in [0.3, 0.4) is 0 Å². The number of carbonyl (C=O) groups is 2. The molecular weight excluding hydrogens is 406 g/mol. The lowest BCUT2D eigenvalue weighted by Gasteiger charge is -2.26. The lowest BCUT2D eigenvalue weighted by atomic mass is 9.79. The minimum atomic E-state index is -0.215. The first-order valence-corrected chi connectivity index (χ1v) is 13.2. The van der Waals surface area contributed by atoms with Crippen LogP contribution in [0.25, 0.3) is 0 Å². The van der Waals surface area contributed by atoms with Gasteiger partial charge in [-0.2, -0.15) is 0 Å². The molecule has 0 saturated carbocycles. The number of nitrogens with zero attached hydrogens (tertiary/aromatic N) is 1. The van der Waals surface area contributed by atoms with Gasteiger partial charge in [0, 0.05) is 24.9 Å². The van der Waals surface area contributed by atoms with E-state index in [2.05, 4.69) is 11.8 Å². The van der Waals surface area contributed by atoms with Gasteiger partial charge in [-0.05, 0) is 57.4 Å². The van der Waals surface area contributed by atoms with E-state index in [-0.39, 0.29) is 23.4 Å². The molecule has 0 N–H and O–H groups in total. The molecule has 1 saturated heterocycles. The summed E-state index contributed by atoms with van der Waals surface area (Å²) in [5.74, 6) is -0.100. The zero-order valence-electron chi connectivity index (χ0n) is 20.5. The van der Waals surface area contributed by atoms with Crippen LogP contribution in [-0.2, 0) is 14.3 Å². The summed E-state index contributed by atoms with van der Waals surface area (Å²) in [5.41, 5.74) is 0. The van der Waals surface area contributed by atoms with Crippen molar-refractivity contribution < 1.29 is 14.3 Å². The van der Waals surface area contributed by atoms with Gasteiger partial charge in [0.15, 0.2) is 0 Å².